The van der Waals surface area contributed by atoms with Crippen LogP contribution in [0.3, 0.4) is 0 Å². The second-order valence-corrected chi connectivity index (χ2v) is 7.28. The minimum absolute atomic E-state index is 0.0233. The van der Waals surface area contributed by atoms with Gasteiger partial charge in [0, 0.05) is 12.7 Å². The van der Waals surface area contributed by atoms with Gasteiger partial charge in [0.05, 0.1) is 17.6 Å². The van der Waals surface area contributed by atoms with Crippen molar-refractivity contribution in [1.29, 1.82) is 0 Å². The number of carbonyl (C=O) groups is 1. The van der Waals surface area contributed by atoms with Gasteiger partial charge in [-0.1, -0.05) is 24.6 Å². The number of rotatable bonds is 6. The number of benzene rings is 2. The molecule has 1 fully saturated rings. The summed E-state index contributed by atoms with van der Waals surface area (Å²) in [5.74, 6) is 1.56. The van der Waals surface area contributed by atoms with Crippen LogP contribution < -0.4 is 10.1 Å². The number of aromatic nitrogens is 2. The summed E-state index contributed by atoms with van der Waals surface area (Å²) in [5, 5.41) is 2.89. The van der Waals surface area contributed by atoms with Crippen LogP contribution in [0.15, 0.2) is 48.5 Å². The van der Waals surface area contributed by atoms with Crippen LogP contribution in [0.2, 0.25) is 0 Å². The molecule has 2 heterocycles. The first-order chi connectivity index (χ1) is 13.7. The van der Waals surface area contributed by atoms with Gasteiger partial charge in [-0.25, -0.2) is 4.98 Å². The molecule has 1 amide bonds. The zero-order valence-electron chi connectivity index (χ0n) is 16.2. The number of likely N-dealkylation sites (tertiary alicyclic amines) is 1. The Morgan fingerprint density at radius 1 is 1.11 bits per heavy atom. The van der Waals surface area contributed by atoms with E-state index in [1.54, 1.807) is 0 Å². The van der Waals surface area contributed by atoms with Crippen LogP contribution in [-0.2, 0) is 18.4 Å². The molecule has 4 rings (SSSR count). The predicted molar refractivity (Wildman–Crippen MR) is 110 cm³/mol. The number of piperidine rings is 1. The summed E-state index contributed by atoms with van der Waals surface area (Å²) < 4.78 is 7.64. The molecule has 0 aliphatic carbocycles. The van der Waals surface area contributed by atoms with Crippen LogP contribution >= 0.6 is 0 Å². The minimum atomic E-state index is -0.187. The van der Waals surface area contributed by atoms with Gasteiger partial charge < -0.3 is 14.6 Å². The smallest absolute Gasteiger partial charge is 0.262 e. The van der Waals surface area contributed by atoms with Crippen LogP contribution in [0.25, 0.3) is 11.0 Å². The van der Waals surface area contributed by atoms with Gasteiger partial charge in [0.15, 0.2) is 6.61 Å². The predicted octanol–water partition coefficient (Wildman–Crippen LogP) is 3.58. The van der Waals surface area contributed by atoms with E-state index in [-0.39, 0.29) is 12.5 Å². The molecule has 1 aliphatic rings. The lowest BCUT2D eigenvalue weighted by Crippen LogP contribution is -2.30. The van der Waals surface area contributed by atoms with E-state index in [0.29, 0.717) is 5.75 Å². The fourth-order valence-corrected chi connectivity index (χ4v) is 3.65. The molecule has 1 aliphatic heterocycles. The largest absolute Gasteiger partial charge is 0.484 e. The van der Waals surface area contributed by atoms with Gasteiger partial charge in [0.25, 0.3) is 5.91 Å². The Kier molecular flexibility index (Phi) is 5.58. The molecule has 1 aromatic heterocycles. The van der Waals surface area contributed by atoms with Crippen molar-refractivity contribution in [3.63, 3.8) is 0 Å². The molecular weight excluding hydrogens is 352 g/mol. The Bertz CT molecular complexity index is 946. The SMILES string of the molecule is Cn1c(CN2CCCCC2)nc2cc(NC(=O)COc3ccccc3)ccc21. The number of imidazole rings is 1. The molecule has 0 unspecified atom stereocenters. The second-order valence-electron chi connectivity index (χ2n) is 7.28. The van der Waals surface area contributed by atoms with E-state index in [1.165, 1.54) is 19.3 Å². The molecule has 0 atom stereocenters. The van der Waals surface area contributed by atoms with E-state index in [9.17, 15) is 4.79 Å². The van der Waals surface area contributed by atoms with Crippen LogP contribution in [0, 0.1) is 0 Å². The zero-order chi connectivity index (χ0) is 19.3. The lowest BCUT2D eigenvalue weighted by Gasteiger charge is -2.25. The molecule has 1 N–H and O–H groups in total. The fraction of sp³-hybridized carbons (Fsp3) is 0.364. The average Bonchev–Trinajstić information content (AvgIpc) is 3.03. The van der Waals surface area contributed by atoms with Crippen molar-refractivity contribution in [3.05, 3.63) is 54.4 Å². The van der Waals surface area contributed by atoms with Gasteiger partial charge in [-0.15, -0.1) is 0 Å². The van der Waals surface area contributed by atoms with Crippen LogP contribution in [-0.4, -0.2) is 40.1 Å². The van der Waals surface area contributed by atoms with Gasteiger partial charge in [-0.3, -0.25) is 9.69 Å². The Labute approximate surface area is 165 Å². The first kappa shape index (κ1) is 18.5. The zero-order valence-corrected chi connectivity index (χ0v) is 16.2. The van der Waals surface area contributed by atoms with E-state index in [0.717, 1.165) is 42.2 Å². The van der Waals surface area contributed by atoms with Crippen LogP contribution in [0.4, 0.5) is 5.69 Å². The van der Waals surface area contributed by atoms with Crippen molar-refractivity contribution in [2.45, 2.75) is 25.8 Å². The molecule has 6 heteroatoms. The molecule has 6 nitrogen and oxygen atoms in total. The summed E-state index contributed by atoms with van der Waals surface area (Å²) in [7, 11) is 2.06. The number of fused-ring (bicyclic) bond motifs is 1. The van der Waals surface area contributed by atoms with Crippen LogP contribution in [0.1, 0.15) is 25.1 Å². The third kappa shape index (κ3) is 4.34. The highest BCUT2D eigenvalue weighted by molar-refractivity contribution is 5.94. The van der Waals surface area contributed by atoms with Gasteiger partial charge in [-0.05, 0) is 56.3 Å². The summed E-state index contributed by atoms with van der Waals surface area (Å²) in [5.41, 5.74) is 2.71. The molecule has 28 heavy (non-hydrogen) atoms. The van der Waals surface area contributed by atoms with Crippen molar-refractivity contribution >= 4 is 22.6 Å². The van der Waals surface area contributed by atoms with Gasteiger partial charge in [-0.2, -0.15) is 0 Å². The summed E-state index contributed by atoms with van der Waals surface area (Å²) in [4.78, 5) is 19.5. The van der Waals surface area contributed by atoms with Gasteiger partial charge >= 0.3 is 0 Å². The molecule has 3 aromatic rings. The van der Waals surface area contributed by atoms with Crippen molar-refractivity contribution in [3.8, 4) is 5.75 Å². The number of nitrogens with one attached hydrogen (secondary N) is 1. The molecule has 0 radical (unpaired) electrons. The number of amides is 1. The number of anilines is 1. The number of hydrogen-bond acceptors (Lipinski definition) is 4. The van der Waals surface area contributed by atoms with E-state index in [4.69, 9.17) is 9.72 Å². The highest BCUT2D eigenvalue weighted by Gasteiger charge is 2.15. The highest BCUT2D eigenvalue weighted by atomic mass is 16.5. The second kappa shape index (κ2) is 8.44. The Balaban J connectivity index is 1.41. The van der Waals surface area contributed by atoms with Crippen molar-refractivity contribution in [1.82, 2.24) is 14.5 Å². The summed E-state index contributed by atoms with van der Waals surface area (Å²) in [6.45, 7) is 3.14. The maximum Gasteiger partial charge on any atom is 0.262 e. The minimum Gasteiger partial charge on any atom is -0.484 e. The van der Waals surface area contributed by atoms with Crippen molar-refractivity contribution in [2.24, 2.45) is 7.05 Å². The van der Waals surface area contributed by atoms with Crippen molar-refractivity contribution < 1.29 is 9.53 Å². The number of carbonyl (C=O) groups excluding carboxylic acids is 1. The average molecular weight is 378 g/mol. The van der Waals surface area contributed by atoms with E-state index in [1.807, 2.05) is 48.5 Å². The summed E-state index contributed by atoms with van der Waals surface area (Å²) in [6, 6.07) is 15.2. The standard InChI is InChI=1S/C22H26N4O2/c1-25-20-11-10-17(23-22(27)16-28-18-8-4-2-5-9-18)14-19(20)24-21(25)15-26-12-6-3-7-13-26/h2,4-5,8-11,14H,3,6-7,12-13,15-16H2,1H3,(H,23,27). The quantitative estimate of drug-likeness (QED) is 0.712. The van der Waals surface area contributed by atoms with Crippen molar-refractivity contribution in [2.75, 3.05) is 25.0 Å². The van der Waals surface area contributed by atoms with Gasteiger partial charge in [0.2, 0.25) is 0 Å². The van der Waals surface area contributed by atoms with E-state index >= 15 is 0 Å². The van der Waals surface area contributed by atoms with E-state index < -0.39 is 0 Å². The fourth-order valence-electron chi connectivity index (χ4n) is 3.65. The molecule has 0 saturated carbocycles. The third-order valence-electron chi connectivity index (χ3n) is 5.18. The number of para-hydroxylation sites is 1. The Morgan fingerprint density at radius 3 is 2.68 bits per heavy atom. The summed E-state index contributed by atoms with van der Waals surface area (Å²) in [6.07, 6.45) is 3.87. The molecule has 1 saturated heterocycles. The maximum absolute atomic E-state index is 12.2. The Hall–Kier alpha value is -2.86. The first-order valence-electron chi connectivity index (χ1n) is 9.84. The molecule has 2 aromatic carbocycles. The van der Waals surface area contributed by atoms with E-state index in [2.05, 4.69) is 21.8 Å². The highest BCUT2D eigenvalue weighted by Crippen LogP contribution is 2.21. The van der Waals surface area contributed by atoms with Crippen LogP contribution in [0.5, 0.6) is 5.75 Å². The number of hydrogen-bond donors (Lipinski definition) is 1. The topological polar surface area (TPSA) is 59.4 Å². The summed E-state index contributed by atoms with van der Waals surface area (Å²) >= 11 is 0. The molecule has 0 spiro atoms. The third-order valence-corrected chi connectivity index (χ3v) is 5.18. The normalized spacial score (nSPS) is 14.9. The van der Waals surface area contributed by atoms with Gasteiger partial charge in [0.1, 0.15) is 11.6 Å². The lowest BCUT2D eigenvalue weighted by atomic mass is 10.1. The Morgan fingerprint density at radius 2 is 1.89 bits per heavy atom. The molecular formula is C22H26N4O2. The monoisotopic (exact) mass is 378 g/mol. The number of nitrogens with zero attached hydrogens (tertiary/aromatic N) is 3. The molecule has 0 bridgehead atoms. The molecule has 146 valence electrons. The number of aryl methyl sites for hydroxylation is 1. The lowest BCUT2D eigenvalue weighted by molar-refractivity contribution is -0.118. The number of ether oxygens (including phenoxy) is 1. The first-order valence-corrected chi connectivity index (χ1v) is 9.84. The maximum atomic E-state index is 12.2.